The van der Waals surface area contributed by atoms with Gasteiger partial charge in [-0.25, -0.2) is 0 Å². The second-order valence-corrected chi connectivity index (χ2v) is 4.83. The zero-order valence-electron chi connectivity index (χ0n) is 11.0. The van der Waals surface area contributed by atoms with Crippen molar-refractivity contribution >= 4 is 5.91 Å². The second-order valence-electron chi connectivity index (χ2n) is 4.83. The standard InChI is InChI=1S/C13H20N2O3/c1-9-10(16)5-4-6-11(9)18-7-12(17)15-13(2,3)8-14/h4-6,16H,7-8,14H2,1-3H3,(H,15,17). The van der Waals surface area contributed by atoms with Crippen molar-refractivity contribution in [3.05, 3.63) is 23.8 Å². The molecule has 1 amide bonds. The van der Waals surface area contributed by atoms with E-state index in [1.807, 2.05) is 13.8 Å². The molecular weight excluding hydrogens is 232 g/mol. The maximum absolute atomic E-state index is 11.6. The molecule has 0 bridgehead atoms. The number of rotatable bonds is 5. The molecule has 0 spiro atoms. The summed E-state index contributed by atoms with van der Waals surface area (Å²) in [6.45, 7) is 5.65. The van der Waals surface area contributed by atoms with Crippen molar-refractivity contribution < 1.29 is 14.6 Å². The van der Waals surface area contributed by atoms with Crippen LogP contribution in [0.15, 0.2) is 18.2 Å². The van der Waals surface area contributed by atoms with Crippen LogP contribution in [0.1, 0.15) is 19.4 Å². The lowest BCUT2D eigenvalue weighted by atomic mass is 10.1. The third kappa shape index (κ3) is 3.92. The third-order valence-corrected chi connectivity index (χ3v) is 2.60. The number of hydrogen-bond donors (Lipinski definition) is 3. The van der Waals surface area contributed by atoms with Crippen LogP contribution in [0.5, 0.6) is 11.5 Å². The number of phenolic OH excluding ortho intramolecular Hbond substituents is 1. The Balaban J connectivity index is 2.56. The quantitative estimate of drug-likeness (QED) is 0.728. The van der Waals surface area contributed by atoms with E-state index in [2.05, 4.69) is 5.32 Å². The number of aromatic hydroxyl groups is 1. The number of phenols is 1. The number of nitrogens with one attached hydrogen (secondary N) is 1. The largest absolute Gasteiger partial charge is 0.508 e. The van der Waals surface area contributed by atoms with Crippen LogP contribution in [-0.4, -0.2) is 29.7 Å². The minimum absolute atomic E-state index is 0.103. The first-order valence-corrected chi connectivity index (χ1v) is 5.78. The van der Waals surface area contributed by atoms with E-state index in [1.165, 1.54) is 0 Å². The molecule has 18 heavy (non-hydrogen) atoms. The van der Waals surface area contributed by atoms with Crippen LogP contribution in [0.3, 0.4) is 0 Å². The predicted molar refractivity (Wildman–Crippen MR) is 69.6 cm³/mol. The predicted octanol–water partition coefficient (Wildman–Crippen LogP) is 0.933. The Labute approximate surface area is 107 Å². The van der Waals surface area contributed by atoms with Gasteiger partial charge in [-0.05, 0) is 32.9 Å². The molecule has 0 saturated carbocycles. The number of amides is 1. The van der Waals surface area contributed by atoms with E-state index in [-0.39, 0.29) is 18.3 Å². The van der Waals surface area contributed by atoms with E-state index in [9.17, 15) is 9.90 Å². The Morgan fingerprint density at radius 2 is 2.17 bits per heavy atom. The third-order valence-electron chi connectivity index (χ3n) is 2.60. The van der Waals surface area contributed by atoms with Gasteiger partial charge in [0.2, 0.25) is 0 Å². The lowest BCUT2D eigenvalue weighted by Gasteiger charge is -2.24. The Hall–Kier alpha value is -1.75. The lowest BCUT2D eigenvalue weighted by molar-refractivity contribution is -0.124. The number of benzene rings is 1. The summed E-state index contributed by atoms with van der Waals surface area (Å²) in [5, 5.41) is 12.3. The Morgan fingerprint density at radius 1 is 1.50 bits per heavy atom. The van der Waals surface area contributed by atoms with Gasteiger partial charge in [-0.3, -0.25) is 4.79 Å². The minimum atomic E-state index is -0.450. The molecule has 5 heteroatoms. The summed E-state index contributed by atoms with van der Waals surface area (Å²) in [7, 11) is 0. The topological polar surface area (TPSA) is 84.6 Å². The number of hydrogen-bond acceptors (Lipinski definition) is 4. The van der Waals surface area contributed by atoms with Crippen LogP contribution in [0, 0.1) is 6.92 Å². The Kier molecular flexibility index (Phi) is 4.55. The highest BCUT2D eigenvalue weighted by molar-refractivity contribution is 5.78. The van der Waals surface area contributed by atoms with E-state index >= 15 is 0 Å². The van der Waals surface area contributed by atoms with E-state index in [1.54, 1.807) is 25.1 Å². The summed E-state index contributed by atoms with van der Waals surface area (Å²) in [6.07, 6.45) is 0. The summed E-state index contributed by atoms with van der Waals surface area (Å²) < 4.78 is 5.36. The number of carbonyl (C=O) groups is 1. The summed E-state index contributed by atoms with van der Waals surface area (Å²) in [5.74, 6) is 0.402. The molecule has 0 radical (unpaired) electrons. The van der Waals surface area contributed by atoms with E-state index in [4.69, 9.17) is 10.5 Å². The molecule has 1 rings (SSSR count). The molecule has 0 fully saturated rings. The SMILES string of the molecule is Cc1c(O)cccc1OCC(=O)NC(C)(C)CN. The highest BCUT2D eigenvalue weighted by atomic mass is 16.5. The minimum Gasteiger partial charge on any atom is -0.508 e. The first-order valence-electron chi connectivity index (χ1n) is 5.78. The van der Waals surface area contributed by atoms with Crippen LogP contribution < -0.4 is 15.8 Å². The summed E-state index contributed by atoms with van der Waals surface area (Å²) in [4.78, 5) is 11.6. The molecule has 0 aliphatic heterocycles. The van der Waals surface area contributed by atoms with Gasteiger partial charge in [-0.1, -0.05) is 6.07 Å². The van der Waals surface area contributed by atoms with Crippen molar-refractivity contribution in [2.45, 2.75) is 26.3 Å². The molecule has 100 valence electrons. The fourth-order valence-corrected chi connectivity index (χ4v) is 1.37. The van der Waals surface area contributed by atoms with Gasteiger partial charge in [0.05, 0.1) is 0 Å². The van der Waals surface area contributed by atoms with Crippen LogP contribution in [0.25, 0.3) is 0 Å². The molecule has 0 unspecified atom stereocenters. The van der Waals surface area contributed by atoms with Crippen LogP contribution in [0.2, 0.25) is 0 Å². The van der Waals surface area contributed by atoms with Gasteiger partial charge in [0.15, 0.2) is 6.61 Å². The first kappa shape index (κ1) is 14.3. The van der Waals surface area contributed by atoms with Crippen molar-refractivity contribution in [3.8, 4) is 11.5 Å². The van der Waals surface area contributed by atoms with Crippen molar-refractivity contribution in [1.29, 1.82) is 0 Å². The molecule has 0 heterocycles. The van der Waals surface area contributed by atoms with Crippen molar-refractivity contribution in [1.82, 2.24) is 5.32 Å². The molecule has 0 aliphatic carbocycles. The second kappa shape index (κ2) is 5.73. The summed E-state index contributed by atoms with van der Waals surface area (Å²) in [6, 6.07) is 4.94. The molecule has 4 N–H and O–H groups in total. The van der Waals surface area contributed by atoms with Gasteiger partial charge in [-0.15, -0.1) is 0 Å². The van der Waals surface area contributed by atoms with Crippen LogP contribution >= 0.6 is 0 Å². The maximum Gasteiger partial charge on any atom is 0.258 e. The smallest absolute Gasteiger partial charge is 0.258 e. The molecule has 0 atom stereocenters. The molecule has 1 aromatic rings. The monoisotopic (exact) mass is 252 g/mol. The fourth-order valence-electron chi connectivity index (χ4n) is 1.37. The molecule has 0 saturated heterocycles. The van der Waals surface area contributed by atoms with Crippen LogP contribution in [-0.2, 0) is 4.79 Å². The highest BCUT2D eigenvalue weighted by Crippen LogP contribution is 2.25. The molecule has 0 aliphatic rings. The number of nitrogens with two attached hydrogens (primary N) is 1. The van der Waals surface area contributed by atoms with Gasteiger partial charge < -0.3 is 20.9 Å². The van der Waals surface area contributed by atoms with Crippen molar-refractivity contribution in [2.75, 3.05) is 13.2 Å². The Morgan fingerprint density at radius 3 is 2.78 bits per heavy atom. The van der Waals surface area contributed by atoms with Gasteiger partial charge in [0, 0.05) is 17.6 Å². The van der Waals surface area contributed by atoms with Crippen molar-refractivity contribution in [2.24, 2.45) is 5.73 Å². The molecule has 0 aromatic heterocycles. The highest BCUT2D eigenvalue weighted by Gasteiger charge is 2.18. The van der Waals surface area contributed by atoms with Crippen molar-refractivity contribution in [3.63, 3.8) is 0 Å². The zero-order valence-corrected chi connectivity index (χ0v) is 11.0. The average molecular weight is 252 g/mol. The van der Waals surface area contributed by atoms with Gasteiger partial charge in [0.1, 0.15) is 11.5 Å². The fraction of sp³-hybridized carbons (Fsp3) is 0.462. The number of ether oxygens (including phenoxy) is 1. The summed E-state index contributed by atoms with van der Waals surface area (Å²) >= 11 is 0. The lowest BCUT2D eigenvalue weighted by Crippen LogP contribution is -2.50. The number of carbonyl (C=O) groups excluding carboxylic acids is 1. The van der Waals surface area contributed by atoms with Crippen LogP contribution in [0.4, 0.5) is 0 Å². The van der Waals surface area contributed by atoms with Gasteiger partial charge >= 0.3 is 0 Å². The maximum atomic E-state index is 11.6. The zero-order chi connectivity index (χ0) is 13.8. The van der Waals surface area contributed by atoms with E-state index in [0.717, 1.165) is 0 Å². The van der Waals surface area contributed by atoms with E-state index in [0.29, 0.717) is 17.9 Å². The summed E-state index contributed by atoms with van der Waals surface area (Å²) in [5.41, 5.74) is 5.68. The van der Waals surface area contributed by atoms with E-state index < -0.39 is 5.54 Å². The molecule has 1 aromatic carbocycles. The molecule has 5 nitrogen and oxygen atoms in total. The van der Waals surface area contributed by atoms with Gasteiger partial charge in [-0.2, -0.15) is 0 Å². The molecular formula is C13H20N2O3. The average Bonchev–Trinajstić information content (AvgIpc) is 2.30. The first-order chi connectivity index (χ1) is 8.35. The Bertz CT molecular complexity index is 430. The van der Waals surface area contributed by atoms with Gasteiger partial charge in [0.25, 0.3) is 5.91 Å². The normalized spacial score (nSPS) is 11.1.